The van der Waals surface area contributed by atoms with Gasteiger partial charge in [0.15, 0.2) is 5.13 Å². The van der Waals surface area contributed by atoms with Gasteiger partial charge in [-0.25, -0.2) is 4.98 Å². The zero-order chi connectivity index (χ0) is 18.9. The topological polar surface area (TPSA) is 80.5 Å². The van der Waals surface area contributed by atoms with Crippen LogP contribution in [0, 0.1) is 0 Å². The Labute approximate surface area is 162 Å². The standard InChI is InChI=1S/C20H22N4O2S/c1-20(21,14-5-3-2-4-6-14)18(25)22-15-7-8-16-17(13-15)27-19(23-16)24-9-11-26-12-10-24/h2-8,13H,9-12,21H2,1H3,(H,22,25). The molecule has 7 heteroatoms. The lowest BCUT2D eigenvalue weighted by atomic mass is 9.92. The molecule has 1 aliphatic rings. The van der Waals surface area contributed by atoms with Gasteiger partial charge >= 0.3 is 0 Å². The molecule has 1 aliphatic heterocycles. The van der Waals surface area contributed by atoms with E-state index in [0.717, 1.165) is 52.9 Å². The van der Waals surface area contributed by atoms with Gasteiger partial charge in [-0.1, -0.05) is 41.7 Å². The Hall–Kier alpha value is -2.48. The summed E-state index contributed by atoms with van der Waals surface area (Å²) in [6.07, 6.45) is 0. The van der Waals surface area contributed by atoms with Crippen LogP contribution in [0.4, 0.5) is 10.8 Å². The number of morpholine rings is 1. The fourth-order valence-electron chi connectivity index (χ4n) is 3.06. The molecule has 0 bridgehead atoms. The Bertz CT molecular complexity index is 949. The SMILES string of the molecule is CC(N)(C(=O)Nc1ccc2nc(N3CCOCC3)sc2c1)c1ccccc1. The van der Waals surface area contributed by atoms with E-state index >= 15 is 0 Å². The quantitative estimate of drug-likeness (QED) is 0.725. The van der Waals surface area contributed by atoms with E-state index in [1.807, 2.05) is 48.5 Å². The number of fused-ring (bicyclic) bond motifs is 1. The highest BCUT2D eigenvalue weighted by Crippen LogP contribution is 2.31. The fourth-order valence-corrected chi connectivity index (χ4v) is 4.11. The van der Waals surface area contributed by atoms with Gasteiger partial charge in [-0.2, -0.15) is 0 Å². The van der Waals surface area contributed by atoms with Crippen molar-refractivity contribution in [1.82, 2.24) is 4.98 Å². The molecule has 1 saturated heterocycles. The predicted octanol–water partition coefficient (Wildman–Crippen LogP) is 2.95. The van der Waals surface area contributed by atoms with Crippen LogP contribution in [0.25, 0.3) is 10.2 Å². The smallest absolute Gasteiger partial charge is 0.248 e. The minimum atomic E-state index is -1.11. The molecule has 1 atom stereocenters. The van der Waals surface area contributed by atoms with Gasteiger partial charge in [0.2, 0.25) is 5.91 Å². The van der Waals surface area contributed by atoms with Crippen LogP contribution in [-0.4, -0.2) is 37.2 Å². The summed E-state index contributed by atoms with van der Waals surface area (Å²) in [6.45, 7) is 4.88. The Morgan fingerprint density at radius 3 is 2.70 bits per heavy atom. The largest absolute Gasteiger partial charge is 0.378 e. The number of thiazole rings is 1. The van der Waals surface area contributed by atoms with Crippen molar-refractivity contribution >= 4 is 38.3 Å². The first kappa shape index (κ1) is 17.9. The monoisotopic (exact) mass is 382 g/mol. The van der Waals surface area contributed by atoms with Crippen molar-refractivity contribution in [2.45, 2.75) is 12.5 Å². The van der Waals surface area contributed by atoms with Crippen LogP contribution in [0.2, 0.25) is 0 Å². The number of ether oxygens (including phenoxy) is 1. The highest BCUT2D eigenvalue weighted by atomic mass is 32.1. The first-order valence-electron chi connectivity index (χ1n) is 8.93. The highest BCUT2D eigenvalue weighted by Gasteiger charge is 2.30. The number of rotatable bonds is 4. The van der Waals surface area contributed by atoms with Crippen LogP contribution >= 0.6 is 11.3 Å². The van der Waals surface area contributed by atoms with Crippen LogP contribution in [-0.2, 0) is 15.1 Å². The second kappa shape index (κ2) is 7.26. The molecular weight excluding hydrogens is 360 g/mol. The van der Waals surface area contributed by atoms with E-state index in [-0.39, 0.29) is 5.91 Å². The molecule has 1 amide bonds. The number of amides is 1. The van der Waals surface area contributed by atoms with Crippen molar-refractivity contribution in [3.8, 4) is 0 Å². The minimum Gasteiger partial charge on any atom is -0.378 e. The number of hydrogen-bond donors (Lipinski definition) is 2. The molecule has 0 saturated carbocycles. The average molecular weight is 382 g/mol. The van der Waals surface area contributed by atoms with Gasteiger partial charge in [-0.05, 0) is 30.7 Å². The molecule has 0 spiro atoms. The summed E-state index contributed by atoms with van der Waals surface area (Å²) in [7, 11) is 0. The summed E-state index contributed by atoms with van der Waals surface area (Å²) in [5.74, 6) is -0.244. The number of aromatic nitrogens is 1. The zero-order valence-corrected chi connectivity index (χ0v) is 16.0. The van der Waals surface area contributed by atoms with Crippen molar-refractivity contribution in [2.24, 2.45) is 5.73 Å². The van der Waals surface area contributed by atoms with E-state index in [4.69, 9.17) is 15.5 Å². The third-order valence-corrected chi connectivity index (χ3v) is 5.84. The molecule has 1 fully saturated rings. The van der Waals surface area contributed by atoms with Gasteiger partial charge in [0.1, 0.15) is 5.54 Å². The summed E-state index contributed by atoms with van der Waals surface area (Å²) in [4.78, 5) is 19.7. The molecule has 3 N–H and O–H groups in total. The maximum absolute atomic E-state index is 12.8. The van der Waals surface area contributed by atoms with E-state index < -0.39 is 5.54 Å². The van der Waals surface area contributed by atoms with Crippen LogP contribution in [0.15, 0.2) is 48.5 Å². The number of nitrogens with one attached hydrogen (secondary N) is 1. The number of hydrogen-bond acceptors (Lipinski definition) is 6. The average Bonchev–Trinajstić information content (AvgIpc) is 3.13. The summed E-state index contributed by atoms with van der Waals surface area (Å²) < 4.78 is 6.44. The third-order valence-electron chi connectivity index (χ3n) is 4.76. The lowest BCUT2D eigenvalue weighted by Gasteiger charge is -2.25. The molecule has 1 aromatic heterocycles. The van der Waals surface area contributed by atoms with Crippen LogP contribution in [0.5, 0.6) is 0 Å². The number of anilines is 2. The van der Waals surface area contributed by atoms with Gasteiger partial charge in [0.25, 0.3) is 0 Å². The van der Waals surface area contributed by atoms with Gasteiger partial charge in [0.05, 0.1) is 23.4 Å². The first-order valence-corrected chi connectivity index (χ1v) is 9.75. The second-order valence-electron chi connectivity index (χ2n) is 6.80. The van der Waals surface area contributed by atoms with E-state index in [1.165, 1.54) is 0 Å². The van der Waals surface area contributed by atoms with Gasteiger partial charge in [0, 0.05) is 18.8 Å². The Morgan fingerprint density at radius 1 is 1.22 bits per heavy atom. The minimum absolute atomic E-state index is 0.244. The van der Waals surface area contributed by atoms with Gasteiger partial charge in [-0.15, -0.1) is 0 Å². The number of benzene rings is 2. The van der Waals surface area contributed by atoms with Crippen molar-refractivity contribution in [3.05, 3.63) is 54.1 Å². The predicted molar refractivity (Wildman–Crippen MR) is 109 cm³/mol. The number of carbonyl (C=O) groups excluding carboxylic acids is 1. The van der Waals surface area contributed by atoms with Crippen molar-refractivity contribution in [2.75, 3.05) is 36.5 Å². The molecule has 2 heterocycles. The van der Waals surface area contributed by atoms with Crippen molar-refractivity contribution in [1.29, 1.82) is 0 Å². The zero-order valence-electron chi connectivity index (χ0n) is 15.1. The number of nitrogens with two attached hydrogens (primary N) is 1. The summed E-state index contributed by atoms with van der Waals surface area (Å²) in [6, 6.07) is 15.1. The first-order chi connectivity index (χ1) is 13.0. The maximum Gasteiger partial charge on any atom is 0.248 e. The third kappa shape index (κ3) is 3.66. The van der Waals surface area contributed by atoms with Crippen molar-refractivity contribution in [3.63, 3.8) is 0 Å². The van der Waals surface area contributed by atoms with E-state index in [9.17, 15) is 4.79 Å². The van der Waals surface area contributed by atoms with E-state index in [2.05, 4.69) is 10.2 Å². The second-order valence-corrected chi connectivity index (χ2v) is 7.81. The summed E-state index contributed by atoms with van der Waals surface area (Å²) in [5, 5.41) is 3.93. The molecular formula is C20H22N4O2S. The normalized spacial score (nSPS) is 16.9. The Kier molecular flexibility index (Phi) is 4.82. The maximum atomic E-state index is 12.8. The molecule has 0 aliphatic carbocycles. The molecule has 1 unspecified atom stereocenters. The molecule has 2 aromatic carbocycles. The van der Waals surface area contributed by atoms with Crippen LogP contribution in [0.3, 0.4) is 0 Å². The molecule has 3 aromatic rings. The highest BCUT2D eigenvalue weighted by molar-refractivity contribution is 7.22. The number of carbonyl (C=O) groups is 1. The fraction of sp³-hybridized carbons (Fsp3) is 0.300. The molecule has 6 nitrogen and oxygen atoms in total. The Morgan fingerprint density at radius 2 is 1.96 bits per heavy atom. The summed E-state index contributed by atoms with van der Waals surface area (Å²) in [5.41, 5.74) is 7.62. The van der Waals surface area contributed by atoms with Crippen molar-refractivity contribution < 1.29 is 9.53 Å². The van der Waals surface area contributed by atoms with Crippen LogP contribution in [0.1, 0.15) is 12.5 Å². The lowest BCUT2D eigenvalue weighted by Crippen LogP contribution is -2.45. The molecule has 4 rings (SSSR count). The molecule has 140 valence electrons. The summed E-state index contributed by atoms with van der Waals surface area (Å²) >= 11 is 1.63. The van der Waals surface area contributed by atoms with E-state index in [1.54, 1.807) is 18.3 Å². The molecule has 0 radical (unpaired) electrons. The Balaban J connectivity index is 1.54. The molecule has 27 heavy (non-hydrogen) atoms. The van der Waals surface area contributed by atoms with Crippen LogP contribution < -0.4 is 16.0 Å². The van der Waals surface area contributed by atoms with Gasteiger partial charge < -0.3 is 20.7 Å². The van der Waals surface area contributed by atoms with Gasteiger partial charge in [-0.3, -0.25) is 4.79 Å². The number of nitrogens with zero attached hydrogens (tertiary/aromatic N) is 2. The van der Waals surface area contributed by atoms with E-state index in [0.29, 0.717) is 0 Å². The lowest BCUT2D eigenvalue weighted by molar-refractivity contribution is -0.120.